The second kappa shape index (κ2) is 9.73. The van der Waals surface area contributed by atoms with Gasteiger partial charge in [-0.2, -0.15) is 0 Å². The normalized spacial score (nSPS) is 10.0. The molecule has 15 heavy (non-hydrogen) atoms. The fourth-order valence-electron chi connectivity index (χ4n) is 0.695. The molecule has 0 unspecified atom stereocenters. The fraction of sp³-hybridized carbons (Fsp3) is 0.900. The minimum atomic E-state index is -0.434. The predicted octanol–water partition coefficient (Wildman–Crippen LogP) is 1.39. The summed E-state index contributed by atoms with van der Waals surface area (Å²) in [5.74, 6) is 5.05. The van der Waals surface area contributed by atoms with Crippen LogP contribution in [0.5, 0.6) is 0 Å². The maximum absolute atomic E-state index is 11.0. The van der Waals surface area contributed by atoms with Gasteiger partial charge in [0.2, 0.25) is 0 Å². The van der Waals surface area contributed by atoms with Gasteiger partial charge in [-0.05, 0) is 27.2 Å². The van der Waals surface area contributed by atoms with Gasteiger partial charge in [-0.25, -0.2) is 4.79 Å². The molecular formula is C10H25N3O2. The van der Waals surface area contributed by atoms with Gasteiger partial charge in [-0.3, -0.25) is 11.3 Å². The zero-order valence-electron chi connectivity index (χ0n) is 10.5. The monoisotopic (exact) mass is 219 g/mol. The van der Waals surface area contributed by atoms with Crippen LogP contribution in [0.25, 0.3) is 0 Å². The molecule has 0 rings (SSSR count). The first kappa shape index (κ1) is 16.6. The Morgan fingerprint density at radius 1 is 1.27 bits per heavy atom. The van der Waals surface area contributed by atoms with E-state index in [0.29, 0.717) is 13.1 Å². The summed E-state index contributed by atoms with van der Waals surface area (Å²) in [6.45, 7) is 10.7. The van der Waals surface area contributed by atoms with Crippen LogP contribution < -0.4 is 16.6 Å². The molecule has 0 spiro atoms. The Hall–Kier alpha value is -0.810. The quantitative estimate of drug-likeness (QED) is 0.379. The lowest BCUT2D eigenvalue weighted by Crippen LogP contribution is -2.34. The Morgan fingerprint density at radius 2 is 1.80 bits per heavy atom. The van der Waals surface area contributed by atoms with E-state index in [4.69, 9.17) is 10.6 Å². The van der Waals surface area contributed by atoms with Crippen LogP contribution in [0.1, 0.15) is 41.0 Å². The third-order valence-electron chi connectivity index (χ3n) is 1.17. The lowest BCUT2D eigenvalue weighted by molar-refractivity contribution is 0.0527. The van der Waals surface area contributed by atoms with Crippen LogP contribution in [0.4, 0.5) is 4.79 Å². The van der Waals surface area contributed by atoms with E-state index < -0.39 is 5.60 Å². The van der Waals surface area contributed by atoms with E-state index >= 15 is 0 Å². The molecular weight excluding hydrogens is 194 g/mol. The molecule has 0 aromatic heterocycles. The van der Waals surface area contributed by atoms with Gasteiger partial charge < -0.3 is 10.1 Å². The minimum absolute atomic E-state index is 0.385. The standard InChI is InChI=1S/C8H19N3O2.C2H6/c1-8(2,3)13-7(12)10-5-4-6-11-9;1-2/h11H,4-6,9H2,1-3H3,(H,10,12);1-2H3. The minimum Gasteiger partial charge on any atom is -0.444 e. The van der Waals surface area contributed by atoms with Gasteiger partial charge in [-0.15, -0.1) is 0 Å². The van der Waals surface area contributed by atoms with Crippen molar-refractivity contribution in [2.45, 2.75) is 46.6 Å². The van der Waals surface area contributed by atoms with E-state index in [2.05, 4.69) is 10.7 Å². The summed E-state index contributed by atoms with van der Waals surface area (Å²) in [5, 5.41) is 2.62. The highest BCUT2D eigenvalue weighted by molar-refractivity contribution is 5.67. The largest absolute Gasteiger partial charge is 0.444 e. The van der Waals surface area contributed by atoms with Gasteiger partial charge in [0.1, 0.15) is 5.60 Å². The topological polar surface area (TPSA) is 76.4 Å². The maximum Gasteiger partial charge on any atom is 0.407 e. The Morgan fingerprint density at radius 3 is 2.20 bits per heavy atom. The first-order valence-electron chi connectivity index (χ1n) is 5.36. The van der Waals surface area contributed by atoms with Gasteiger partial charge in [0.25, 0.3) is 0 Å². The highest BCUT2D eigenvalue weighted by Crippen LogP contribution is 2.05. The molecule has 4 N–H and O–H groups in total. The van der Waals surface area contributed by atoms with Crippen LogP contribution in [-0.2, 0) is 4.74 Å². The van der Waals surface area contributed by atoms with Crippen molar-refractivity contribution in [2.24, 2.45) is 5.84 Å². The van der Waals surface area contributed by atoms with E-state index in [1.165, 1.54) is 0 Å². The summed E-state index contributed by atoms with van der Waals surface area (Å²) in [7, 11) is 0. The molecule has 0 fully saturated rings. The average Bonchev–Trinajstić information content (AvgIpc) is 2.13. The van der Waals surface area contributed by atoms with Crippen LogP contribution in [-0.4, -0.2) is 24.8 Å². The molecule has 92 valence electrons. The number of rotatable bonds is 4. The van der Waals surface area contributed by atoms with Crippen molar-refractivity contribution in [3.63, 3.8) is 0 Å². The first-order valence-corrected chi connectivity index (χ1v) is 5.36. The van der Waals surface area contributed by atoms with Gasteiger partial charge in [0.15, 0.2) is 0 Å². The first-order chi connectivity index (χ1) is 6.95. The maximum atomic E-state index is 11.0. The number of nitrogens with one attached hydrogen (secondary N) is 2. The highest BCUT2D eigenvalue weighted by atomic mass is 16.6. The average molecular weight is 219 g/mol. The summed E-state index contributed by atoms with van der Waals surface area (Å²) in [6, 6.07) is 0. The predicted molar refractivity (Wildman–Crippen MR) is 62.4 cm³/mol. The van der Waals surface area contributed by atoms with E-state index in [-0.39, 0.29) is 6.09 Å². The molecule has 0 aromatic rings. The molecule has 0 heterocycles. The zero-order chi connectivity index (χ0) is 12.3. The summed E-state index contributed by atoms with van der Waals surface area (Å²) in [4.78, 5) is 11.0. The summed E-state index contributed by atoms with van der Waals surface area (Å²) in [6.07, 6.45) is 0.403. The third kappa shape index (κ3) is 15.9. The lowest BCUT2D eigenvalue weighted by Gasteiger charge is -2.19. The van der Waals surface area contributed by atoms with E-state index in [9.17, 15) is 4.79 Å². The summed E-state index contributed by atoms with van der Waals surface area (Å²) >= 11 is 0. The van der Waals surface area contributed by atoms with Crippen LogP contribution >= 0.6 is 0 Å². The molecule has 1 amide bonds. The van der Waals surface area contributed by atoms with Gasteiger partial charge >= 0.3 is 6.09 Å². The molecule has 5 heteroatoms. The second-order valence-corrected chi connectivity index (χ2v) is 3.74. The number of nitrogens with two attached hydrogens (primary N) is 1. The molecule has 0 saturated carbocycles. The molecule has 0 bridgehead atoms. The van der Waals surface area contributed by atoms with Crippen molar-refractivity contribution in [3.8, 4) is 0 Å². The van der Waals surface area contributed by atoms with Crippen LogP contribution in [0.15, 0.2) is 0 Å². The van der Waals surface area contributed by atoms with Gasteiger partial charge in [0.05, 0.1) is 0 Å². The van der Waals surface area contributed by atoms with Crippen molar-refractivity contribution in [1.29, 1.82) is 0 Å². The van der Waals surface area contributed by atoms with Crippen molar-refractivity contribution < 1.29 is 9.53 Å². The fourth-order valence-corrected chi connectivity index (χ4v) is 0.695. The summed E-state index contributed by atoms with van der Waals surface area (Å²) in [5.41, 5.74) is 2.06. The Labute approximate surface area is 92.7 Å². The molecule has 0 aliphatic carbocycles. The lowest BCUT2D eigenvalue weighted by atomic mass is 10.2. The molecule has 0 atom stereocenters. The van der Waals surface area contributed by atoms with Gasteiger partial charge in [0, 0.05) is 13.1 Å². The number of hydrogen-bond donors (Lipinski definition) is 3. The van der Waals surface area contributed by atoms with Gasteiger partial charge in [-0.1, -0.05) is 13.8 Å². The Kier molecular flexibility index (Phi) is 10.8. The van der Waals surface area contributed by atoms with Crippen LogP contribution in [0.2, 0.25) is 0 Å². The Balaban J connectivity index is 0. The number of hydrazine groups is 1. The van der Waals surface area contributed by atoms with E-state index in [1.807, 2.05) is 34.6 Å². The van der Waals surface area contributed by atoms with E-state index in [1.54, 1.807) is 0 Å². The number of hydrogen-bond acceptors (Lipinski definition) is 4. The summed E-state index contributed by atoms with van der Waals surface area (Å²) < 4.78 is 5.02. The van der Waals surface area contributed by atoms with Crippen molar-refractivity contribution >= 4 is 6.09 Å². The Bertz CT molecular complexity index is 155. The zero-order valence-corrected chi connectivity index (χ0v) is 10.5. The SMILES string of the molecule is CC.CC(C)(C)OC(=O)NCCCNN. The number of ether oxygens (including phenoxy) is 1. The highest BCUT2D eigenvalue weighted by Gasteiger charge is 2.15. The molecule has 0 radical (unpaired) electrons. The van der Waals surface area contributed by atoms with Crippen LogP contribution in [0, 0.1) is 0 Å². The molecule has 0 aliphatic rings. The van der Waals surface area contributed by atoms with Crippen molar-refractivity contribution in [1.82, 2.24) is 10.7 Å². The van der Waals surface area contributed by atoms with E-state index in [0.717, 1.165) is 6.42 Å². The molecule has 5 nitrogen and oxygen atoms in total. The van der Waals surface area contributed by atoms with Crippen LogP contribution in [0.3, 0.4) is 0 Å². The number of amides is 1. The number of alkyl carbamates (subject to hydrolysis) is 1. The smallest absolute Gasteiger partial charge is 0.407 e. The molecule has 0 saturated heterocycles. The third-order valence-corrected chi connectivity index (χ3v) is 1.17. The van der Waals surface area contributed by atoms with Crippen molar-refractivity contribution in [2.75, 3.05) is 13.1 Å². The van der Waals surface area contributed by atoms with Crippen molar-refractivity contribution in [3.05, 3.63) is 0 Å². The second-order valence-electron chi connectivity index (χ2n) is 3.74. The number of carbonyl (C=O) groups excluding carboxylic acids is 1. The number of carbonyl (C=O) groups is 1. The molecule has 0 aromatic carbocycles. The molecule has 0 aliphatic heterocycles.